The van der Waals surface area contributed by atoms with E-state index in [-0.39, 0.29) is 24.1 Å². The van der Waals surface area contributed by atoms with E-state index in [1.165, 1.54) is 5.56 Å². The van der Waals surface area contributed by atoms with E-state index in [9.17, 15) is 9.90 Å². The number of nitrogens with one attached hydrogen (secondary N) is 2. The van der Waals surface area contributed by atoms with Crippen molar-refractivity contribution >= 4 is 17.6 Å². The number of hydrogen-bond donors (Lipinski definition) is 3. The minimum Gasteiger partial charge on any atom is -0.393 e. The lowest BCUT2D eigenvalue weighted by Crippen LogP contribution is -2.39. The van der Waals surface area contributed by atoms with Crippen LogP contribution in [0.1, 0.15) is 38.2 Å². The van der Waals surface area contributed by atoms with Gasteiger partial charge in [-0.15, -0.1) is 0 Å². The van der Waals surface area contributed by atoms with Crippen LogP contribution in [0.3, 0.4) is 0 Å². The predicted molar refractivity (Wildman–Crippen MR) is 84.6 cm³/mol. The largest absolute Gasteiger partial charge is 0.393 e. The van der Waals surface area contributed by atoms with Gasteiger partial charge < -0.3 is 15.7 Å². The number of amides is 2. The van der Waals surface area contributed by atoms with Gasteiger partial charge in [0, 0.05) is 23.5 Å². The molecule has 4 nitrogen and oxygen atoms in total. The van der Waals surface area contributed by atoms with Crippen molar-refractivity contribution in [3.8, 4) is 0 Å². The zero-order chi connectivity index (χ0) is 15.4. The monoisotopic (exact) mass is 310 g/mol. The van der Waals surface area contributed by atoms with Crippen LogP contribution in [0.5, 0.6) is 0 Å². The van der Waals surface area contributed by atoms with Gasteiger partial charge in [0.1, 0.15) is 0 Å². The van der Waals surface area contributed by atoms with Crippen molar-refractivity contribution in [1.82, 2.24) is 10.6 Å². The molecule has 0 spiro atoms. The highest BCUT2D eigenvalue weighted by atomic mass is 35.5. The first kappa shape index (κ1) is 16.1. The normalized spacial score (nSPS) is 22.0. The van der Waals surface area contributed by atoms with Gasteiger partial charge in [-0.2, -0.15) is 0 Å². The van der Waals surface area contributed by atoms with E-state index in [1.54, 1.807) is 0 Å². The summed E-state index contributed by atoms with van der Waals surface area (Å²) in [5, 5.41) is 16.1. The minimum atomic E-state index is -0.370. The van der Waals surface area contributed by atoms with E-state index in [2.05, 4.69) is 10.6 Å². The molecule has 2 amide bonds. The molecule has 0 bridgehead atoms. The highest BCUT2D eigenvalue weighted by Crippen LogP contribution is 2.41. The summed E-state index contributed by atoms with van der Waals surface area (Å²) in [7, 11) is 0. The summed E-state index contributed by atoms with van der Waals surface area (Å²) < 4.78 is 0. The maximum Gasteiger partial charge on any atom is 0.315 e. The summed E-state index contributed by atoms with van der Waals surface area (Å²) in [6, 6.07) is 7.78. The molecular formula is C16H23ClN2O2. The van der Waals surface area contributed by atoms with Gasteiger partial charge in [0.2, 0.25) is 0 Å². The Morgan fingerprint density at radius 2 is 2.24 bits per heavy atom. The van der Waals surface area contributed by atoms with Crippen LogP contribution in [-0.4, -0.2) is 29.8 Å². The molecule has 21 heavy (non-hydrogen) atoms. The van der Waals surface area contributed by atoms with Crippen LogP contribution in [0.4, 0.5) is 4.79 Å². The molecule has 116 valence electrons. The van der Waals surface area contributed by atoms with Gasteiger partial charge in [0.15, 0.2) is 0 Å². The Morgan fingerprint density at radius 1 is 1.48 bits per heavy atom. The summed E-state index contributed by atoms with van der Waals surface area (Å²) in [5.41, 5.74) is 1.17. The third kappa shape index (κ3) is 4.90. The Morgan fingerprint density at radius 3 is 2.90 bits per heavy atom. The minimum absolute atomic E-state index is 0.166. The fraction of sp³-hybridized carbons (Fsp3) is 0.562. The van der Waals surface area contributed by atoms with Crippen LogP contribution in [0, 0.1) is 5.92 Å². The average Bonchev–Trinajstić information content (AvgIpc) is 3.17. The summed E-state index contributed by atoms with van der Waals surface area (Å²) in [4.78, 5) is 11.8. The molecule has 2 rings (SSSR count). The maximum absolute atomic E-state index is 11.8. The molecule has 0 saturated heterocycles. The first-order valence-corrected chi connectivity index (χ1v) is 7.83. The van der Waals surface area contributed by atoms with Crippen molar-refractivity contribution in [3.63, 3.8) is 0 Å². The lowest BCUT2D eigenvalue weighted by atomic mass is 10.0. The molecule has 0 radical (unpaired) electrons. The summed E-state index contributed by atoms with van der Waals surface area (Å²) >= 11 is 5.97. The van der Waals surface area contributed by atoms with Crippen LogP contribution in [-0.2, 0) is 0 Å². The van der Waals surface area contributed by atoms with Crippen molar-refractivity contribution in [3.05, 3.63) is 34.9 Å². The highest BCUT2D eigenvalue weighted by molar-refractivity contribution is 6.30. The topological polar surface area (TPSA) is 61.4 Å². The number of hydrogen-bond acceptors (Lipinski definition) is 2. The van der Waals surface area contributed by atoms with Crippen LogP contribution in [0.2, 0.25) is 5.02 Å². The average molecular weight is 311 g/mol. The van der Waals surface area contributed by atoms with E-state index >= 15 is 0 Å². The number of urea groups is 1. The zero-order valence-electron chi connectivity index (χ0n) is 12.5. The third-order valence-electron chi connectivity index (χ3n) is 3.88. The van der Waals surface area contributed by atoms with Crippen LogP contribution in [0.25, 0.3) is 0 Å². The van der Waals surface area contributed by atoms with Gasteiger partial charge >= 0.3 is 6.03 Å². The molecule has 1 saturated carbocycles. The van der Waals surface area contributed by atoms with Gasteiger partial charge in [0.05, 0.1) is 6.10 Å². The highest BCUT2D eigenvalue weighted by Gasteiger charge is 2.39. The van der Waals surface area contributed by atoms with E-state index in [4.69, 9.17) is 11.6 Å². The van der Waals surface area contributed by atoms with Crippen molar-refractivity contribution in [2.75, 3.05) is 6.54 Å². The number of carbonyl (C=O) groups is 1. The van der Waals surface area contributed by atoms with E-state index in [1.807, 2.05) is 38.1 Å². The molecule has 1 fully saturated rings. The molecule has 0 aromatic heterocycles. The fourth-order valence-electron chi connectivity index (χ4n) is 2.35. The lowest BCUT2D eigenvalue weighted by molar-refractivity contribution is 0.116. The van der Waals surface area contributed by atoms with Gasteiger partial charge in [-0.3, -0.25) is 0 Å². The Balaban J connectivity index is 1.68. The van der Waals surface area contributed by atoms with Crippen molar-refractivity contribution < 1.29 is 9.90 Å². The Hall–Kier alpha value is -1.26. The Bertz CT molecular complexity index is 493. The van der Waals surface area contributed by atoms with Crippen molar-refractivity contribution in [2.24, 2.45) is 5.92 Å². The molecule has 5 heteroatoms. The number of benzene rings is 1. The summed E-state index contributed by atoms with van der Waals surface area (Å²) in [6.45, 7) is 4.41. The molecule has 3 unspecified atom stereocenters. The maximum atomic E-state index is 11.8. The van der Waals surface area contributed by atoms with E-state index in [0.717, 1.165) is 11.4 Å². The standard InChI is InChI=1S/C16H23ClN2O2/c1-10(2)15(20)6-7-18-16(21)19-14-9-13(14)11-4-3-5-12(17)8-11/h3-5,8,10,13-15,20H,6-7,9H2,1-2H3,(H2,18,19,21). The third-order valence-corrected chi connectivity index (χ3v) is 4.11. The number of carbonyl (C=O) groups excluding carboxylic acids is 1. The molecule has 1 aliphatic rings. The second-order valence-electron chi connectivity index (χ2n) is 6.00. The molecule has 1 aliphatic carbocycles. The second kappa shape index (κ2) is 7.14. The predicted octanol–water partition coefficient (Wildman–Crippen LogP) is 2.90. The second-order valence-corrected chi connectivity index (χ2v) is 6.44. The lowest BCUT2D eigenvalue weighted by Gasteiger charge is -2.14. The molecule has 1 aromatic rings. The van der Waals surface area contributed by atoms with Gasteiger partial charge in [-0.1, -0.05) is 37.6 Å². The molecule has 0 aliphatic heterocycles. The zero-order valence-corrected chi connectivity index (χ0v) is 13.2. The van der Waals surface area contributed by atoms with E-state index < -0.39 is 0 Å². The van der Waals surface area contributed by atoms with Crippen LogP contribution >= 0.6 is 11.6 Å². The first-order valence-electron chi connectivity index (χ1n) is 7.45. The molecule has 3 atom stereocenters. The van der Waals surface area contributed by atoms with Gasteiger partial charge in [0.25, 0.3) is 0 Å². The first-order chi connectivity index (χ1) is 9.97. The quantitative estimate of drug-likeness (QED) is 0.756. The molecule has 3 N–H and O–H groups in total. The van der Waals surface area contributed by atoms with Crippen LogP contribution < -0.4 is 10.6 Å². The summed E-state index contributed by atoms with van der Waals surface area (Å²) in [6.07, 6.45) is 1.15. The SMILES string of the molecule is CC(C)C(O)CCNC(=O)NC1CC1c1cccc(Cl)c1. The van der Waals surface area contributed by atoms with E-state index in [0.29, 0.717) is 18.9 Å². The smallest absolute Gasteiger partial charge is 0.315 e. The van der Waals surface area contributed by atoms with Crippen molar-refractivity contribution in [1.29, 1.82) is 0 Å². The van der Waals surface area contributed by atoms with Crippen LogP contribution in [0.15, 0.2) is 24.3 Å². The number of aliphatic hydroxyl groups excluding tert-OH is 1. The fourth-order valence-corrected chi connectivity index (χ4v) is 2.55. The van der Waals surface area contributed by atoms with Crippen molar-refractivity contribution in [2.45, 2.75) is 44.8 Å². The Kier molecular flexibility index (Phi) is 5.48. The molecule has 1 aromatic carbocycles. The number of rotatable bonds is 6. The Labute approximate surface area is 130 Å². The number of aliphatic hydroxyl groups is 1. The van der Waals surface area contributed by atoms with Gasteiger partial charge in [-0.25, -0.2) is 4.79 Å². The van der Waals surface area contributed by atoms with Gasteiger partial charge in [-0.05, 0) is 36.5 Å². The number of halogens is 1. The molecule has 0 heterocycles. The molecular weight excluding hydrogens is 288 g/mol. The summed E-state index contributed by atoms with van der Waals surface area (Å²) in [5.74, 6) is 0.571.